The van der Waals surface area contributed by atoms with E-state index in [1.165, 1.54) is 23.2 Å². The van der Waals surface area contributed by atoms with E-state index >= 15 is 0 Å². The Morgan fingerprint density at radius 3 is 2.67 bits per heavy atom. The molecule has 2 aromatic rings. The van der Waals surface area contributed by atoms with Crippen LogP contribution in [0.1, 0.15) is 30.0 Å². The van der Waals surface area contributed by atoms with Crippen LogP contribution in [0.2, 0.25) is 0 Å². The van der Waals surface area contributed by atoms with Gasteiger partial charge in [0.25, 0.3) is 5.69 Å². The van der Waals surface area contributed by atoms with E-state index in [-0.39, 0.29) is 5.69 Å². The monoisotopic (exact) mass is 341 g/mol. The van der Waals surface area contributed by atoms with Gasteiger partial charge in [0.15, 0.2) is 5.60 Å². The molecular weight excluding hydrogens is 327 g/mol. The fourth-order valence-electron chi connectivity index (χ4n) is 2.84. The van der Waals surface area contributed by atoms with Crippen molar-refractivity contribution in [1.29, 1.82) is 0 Å². The van der Waals surface area contributed by atoms with Gasteiger partial charge in [0, 0.05) is 23.7 Å². The van der Waals surface area contributed by atoms with Gasteiger partial charge in [-0.05, 0) is 25.8 Å². The first-order chi connectivity index (χ1) is 11.1. The van der Waals surface area contributed by atoms with Crippen molar-refractivity contribution in [2.24, 2.45) is 0 Å². The molecular formula is C15H14F3N3O3. The molecule has 6 nitrogen and oxygen atoms in total. The number of rotatable bonds is 3. The van der Waals surface area contributed by atoms with Gasteiger partial charge in [-0.15, -0.1) is 0 Å². The summed E-state index contributed by atoms with van der Waals surface area (Å²) in [6.07, 6.45) is -2.57. The Bertz CT molecular complexity index is 795. The third-order valence-electron chi connectivity index (χ3n) is 4.40. The molecule has 1 aliphatic carbocycles. The van der Waals surface area contributed by atoms with E-state index in [0.717, 1.165) is 0 Å². The first-order valence-electron chi connectivity index (χ1n) is 7.19. The number of halogens is 3. The van der Waals surface area contributed by atoms with E-state index in [1.54, 1.807) is 19.1 Å². The van der Waals surface area contributed by atoms with Crippen molar-refractivity contribution in [3.63, 3.8) is 0 Å². The minimum Gasteiger partial charge on any atom is -0.380 e. The van der Waals surface area contributed by atoms with Gasteiger partial charge in [0.05, 0.1) is 22.6 Å². The number of aromatic nitrogens is 2. The van der Waals surface area contributed by atoms with E-state index in [1.807, 2.05) is 0 Å². The van der Waals surface area contributed by atoms with Crippen LogP contribution in [0.3, 0.4) is 0 Å². The van der Waals surface area contributed by atoms with Gasteiger partial charge in [-0.1, -0.05) is 6.07 Å². The minimum atomic E-state index is -4.65. The molecule has 0 radical (unpaired) electrons. The van der Waals surface area contributed by atoms with E-state index in [4.69, 9.17) is 0 Å². The smallest absolute Gasteiger partial charge is 0.380 e. The molecule has 0 amide bonds. The number of imidazole rings is 1. The summed E-state index contributed by atoms with van der Waals surface area (Å²) in [5.74, 6) is -0.488. The summed E-state index contributed by atoms with van der Waals surface area (Å²) in [6.45, 7) is 1.62. The van der Waals surface area contributed by atoms with E-state index in [0.29, 0.717) is 16.9 Å². The highest BCUT2D eigenvalue weighted by Crippen LogP contribution is 2.52. The molecule has 1 heterocycles. The number of nitro groups is 1. The minimum absolute atomic E-state index is 0.0437. The molecule has 0 bridgehead atoms. The summed E-state index contributed by atoms with van der Waals surface area (Å²) < 4.78 is 39.5. The van der Waals surface area contributed by atoms with Gasteiger partial charge in [-0.3, -0.25) is 10.1 Å². The van der Waals surface area contributed by atoms with Gasteiger partial charge >= 0.3 is 6.18 Å². The predicted molar refractivity (Wildman–Crippen MR) is 77.9 cm³/mol. The quantitative estimate of drug-likeness (QED) is 0.686. The Hall–Kier alpha value is -2.42. The van der Waals surface area contributed by atoms with E-state index in [2.05, 4.69) is 4.98 Å². The van der Waals surface area contributed by atoms with Crippen molar-refractivity contribution in [2.75, 3.05) is 0 Å². The number of aryl methyl sites for hydroxylation is 1. The Morgan fingerprint density at radius 1 is 1.42 bits per heavy atom. The molecule has 0 spiro atoms. The predicted octanol–water partition coefficient (Wildman–Crippen LogP) is 3.26. The van der Waals surface area contributed by atoms with Crippen LogP contribution in [-0.4, -0.2) is 31.4 Å². The fourth-order valence-corrected chi connectivity index (χ4v) is 2.84. The molecule has 1 aromatic heterocycles. The number of alkyl halides is 3. The lowest BCUT2D eigenvalue weighted by Crippen LogP contribution is -2.54. The average molecular weight is 341 g/mol. The number of nitro benzene ring substituents is 1. The molecule has 1 aromatic carbocycles. The zero-order chi connectivity index (χ0) is 17.7. The van der Waals surface area contributed by atoms with Crippen LogP contribution in [0.15, 0.2) is 30.7 Å². The average Bonchev–Trinajstić information content (AvgIpc) is 2.92. The molecule has 0 saturated heterocycles. The second kappa shape index (κ2) is 5.30. The van der Waals surface area contributed by atoms with Crippen LogP contribution in [0.5, 0.6) is 0 Å². The highest BCUT2D eigenvalue weighted by Gasteiger charge is 2.61. The molecule has 128 valence electrons. The molecule has 0 atom stereocenters. The number of benzene rings is 1. The number of hydrogen-bond acceptors (Lipinski definition) is 4. The highest BCUT2D eigenvalue weighted by atomic mass is 19.4. The van der Waals surface area contributed by atoms with Crippen molar-refractivity contribution < 1.29 is 23.2 Å². The molecule has 1 fully saturated rings. The first kappa shape index (κ1) is 16.4. The van der Waals surface area contributed by atoms with Crippen LogP contribution in [0.4, 0.5) is 18.9 Å². The lowest BCUT2D eigenvalue weighted by atomic mass is 9.69. The lowest BCUT2D eigenvalue weighted by molar-refractivity contribution is -0.385. The summed E-state index contributed by atoms with van der Waals surface area (Å²) in [7, 11) is 0. The Labute approximate surface area is 134 Å². The Balaban J connectivity index is 1.81. The molecule has 24 heavy (non-hydrogen) atoms. The maximum absolute atomic E-state index is 12.7. The number of nitrogens with zero attached hydrogens (tertiary/aromatic N) is 3. The molecule has 1 aliphatic rings. The summed E-state index contributed by atoms with van der Waals surface area (Å²) in [6, 6.07) is 4.65. The van der Waals surface area contributed by atoms with Gasteiger partial charge in [-0.2, -0.15) is 13.2 Å². The number of aliphatic hydroxyl groups is 1. The van der Waals surface area contributed by atoms with Crippen LogP contribution in [0.25, 0.3) is 5.69 Å². The van der Waals surface area contributed by atoms with Crippen LogP contribution in [-0.2, 0) is 0 Å². The Morgan fingerprint density at radius 2 is 2.08 bits per heavy atom. The fraction of sp³-hybridized carbons (Fsp3) is 0.400. The Kier molecular flexibility index (Phi) is 3.63. The largest absolute Gasteiger partial charge is 0.417 e. The normalized spacial score (nSPS) is 23.8. The molecule has 3 rings (SSSR count). The van der Waals surface area contributed by atoms with Gasteiger partial charge < -0.3 is 9.67 Å². The van der Waals surface area contributed by atoms with Crippen LogP contribution >= 0.6 is 0 Å². The molecule has 1 N–H and O–H groups in total. The van der Waals surface area contributed by atoms with Crippen LogP contribution < -0.4 is 0 Å². The summed E-state index contributed by atoms with van der Waals surface area (Å²) in [5.41, 5.74) is -1.26. The third-order valence-corrected chi connectivity index (χ3v) is 4.40. The summed E-state index contributed by atoms with van der Waals surface area (Å²) in [5, 5.41) is 20.5. The molecule has 0 aliphatic heterocycles. The molecule has 0 unspecified atom stereocenters. The topological polar surface area (TPSA) is 81.2 Å². The van der Waals surface area contributed by atoms with Crippen LogP contribution in [0, 0.1) is 17.0 Å². The zero-order valence-electron chi connectivity index (χ0n) is 12.6. The highest BCUT2D eigenvalue weighted by molar-refractivity contribution is 5.48. The van der Waals surface area contributed by atoms with Crippen molar-refractivity contribution in [3.05, 3.63) is 52.1 Å². The summed E-state index contributed by atoms with van der Waals surface area (Å²) >= 11 is 0. The van der Waals surface area contributed by atoms with Crippen molar-refractivity contribution in [1.82, 2.24) is 9.55 Å². The summed E-state index contributed by atoms with van der Waals surface area (Å²) in [4.78, 5) is 14.6. The maximum atomic E-state index is 12.7. The van der Waals surface area contributed by atoms with Gasteiger partial charge in [-0.25, -0.2) is 4.98 Å². The second-order valence-electron chi connectivity index (χ2n) is 6.07. The third kappa shape index (κ3) is 2.64. The lowest BCUT2D eigenvalue weighted by Gasteiger charge is -2.43. The molecule has 1 saturated carbocycles. The van der Waals surface area contributed by atoms with Crippen molar-refractivity contribution in [2.45, 2.75) is 37.5 Å². The standard InChI is InChI=1S/C15H14F3N3O3/c1-9-2-3-11(4-13(9)21(23)24)20-7-12(19-8-20)10-5-14(22,6-10)15(16,17)18/h2-4,7-8,10,22H,5-6H2,1H3. The zero-order valence-corrected chi connectivity index (χ0v) is 12.6. The second-order valence-corrected chi connectivity index (χ2v) is 6.07. The van der Waals surface area contributed by atoms with Gasteiger partial charge in [0.2, 0.25) is 0 Å². The number of hydrogen-bond donors (Lipinski definition) is 1. The molecule has 9 heteroatoms. The van der Waals surface area contributed by atoms with Crippen molar-refractivity contribution in [3.8, 4) is 5.69 Å². The maximum Gasteiger partial charge on any atom is 0.417 e. The van der Waals surface area contributed by atoms with Gasteiger partial charge in [0.1, 0.15) is 0 Å². The first-order valence-corrected chi connectivity index (χ1v) is 7.19. The van der Waals surface area contributed by atoms with E-state index in [9.17, 15) is 28.4 Å². The van der Waals surface area contributed by atoms with E-state index < -0.39 is 35.5 Å². The SMILES string of the molecule is Cc1ccc(-n2cnc(C3CC(O)(C(F)(F)F)C3)c2)cc1[N+](=O)[O-]. The van der Waals surface area contributed by atoms with Crippen molar-refractivity contribution >= 4 is 5.69 Å².